The maximum Gasteiger partial charge on any atom is 0.495 e. The number of rotatable bonds is 2. The van der Waals surface area contributed by atoms with Gasteiger partial charge in [0.05, 0.1) is 12.4 Å². The number of carbonyl (C=O) groups excluding carboxylic acids is 1. The zero-order chi connectivity index (χ0) is 11.2. The van der Waals surface area contributed by atoms with Crippen molar-refractivity contribution in [2.24, 2.45) is 0 Å². The fourth-order valence-corrected chi connectivity index (χ4v) is 1.40. The molecule has 0 aliphatic rings. The molecule has 0 spiro atoms. The largest absolute Gasteiger partial charge is 0.495 e. The molecule has 2 rings (SSSR count). The Hall–Kier alpha value is -2.16. The van der Waals surface area contributed by atoms with Gasteiger partial charge in [-0.3, -0.25) is 0 Å². The second-order valence-corrected chi connectivity index (χ2v) is 3.43. The van der Waals surface area contributed by atoms with E-state index in [-0.39, 0.29) is 6.03 Å². The molecule has 1 N–H and O–H groups in total. The van der Waals surface area contributed by atoms with E-state index >= 15 is 0 Å². The van der Waals surface area contributed by atoms with Crippen LogP contribution in [0.1, 0.15) is 5.56 Å². The lowest BCUT2D eigenvalue weighted by Gasteiger charge is -1.99. The second-order valence-electron chi connectivity index (χ2n) is 3.43. The van der Waals surface area contributed by atoms with Gasteiger partial charge in [0.15, 0.2) is 0 Å². The summed E-state index contributed by atoms with van der Waals surface area (Å²) in [5.74, 6) is 0. The second kappa shape index (κ2) is 5.07. The lowest BCUT2D eigenvalue weighted by molar-refractivity contribution is -0.572. The molecule has 2 aromatic rings. The molecule has 1 aromatic heterocycles. The highest BCUT2D eigenvalue weighted by molar-refractivity contribution is 5.64. The summed E-state index contributed by atoms with van der Waals surface area (Å²) < 4.78 is 1.52. The normalized spacial score (nSPS) is 9.75. The molecule has 0 radical (unpaired) electrons. The van der Waals surface area contributed by atoms with Gasteiger partial charge in [0.2, 0.25) is 0 Å². The smallest absolute Gasteiger partial charge is 0.234 e. The fraction of sp³-hybridized carbons (Fsp3) is 0.0769. The molecule has 80 valence electrons. The van der Waals surface area contributed by atoms with Crippen molar-refractivity contribution >= 4 is 6.03 Å². The van der Waals surface area contributed by atoms with Crippen LogP contribution in [0.25, 0.3) is 0 Å². The van der Waals surface area contributed by atoms with Gasteiger partial charge < -0.3 is 0 Å². The van der Waals surface area contributed by atoms with Crippen molar-refractivity contribution < 1.29 is 9.36 Å². The standard InChI is InChI=1S/C13H12N2O/c16-13(15-9-5-2-6-10-15)14-11-12-7-3-1-4-8-12/h1-10H,11H2/p+1. The monoisotopic (exact) mass is 213 g/mol. The topological polar surface area (TPSA) is 33.0 Å². The lowest BCUT2D eigenvalue weighted by atomic mass is 10.2. The molecule has 0 saturated heterocycles. The first kappa shape index (κ1) is 10.4. The van der Waals surface area contributed by atoms with Crippen LogP contribution < -0.4 is 9.88 Å². The first-order valence-electron chi connectivity index (χ1n) is 5.15. The Labute approximate surface area is 94.4 Å². The third-order valence-corrected chi connectivity index (χ3v) is 2.24. The van der Waals surface area contributed by atoms with Crippen molar-refractivity contribution in [3.05, 3.63) is 66.5 Å². The molecular formula is C13H13N2O+. The van der Waals surface area contributed by atoms with E-state index in [2.05, 4.69) is 5.32 Å². The van der Waals surface area contributed by atoms with E-state index in [4.69, 9.17) is 0 Å². The van der Waals surface area contributed by atoms with Crippen LogP contribution in [-0.2, 0) is 6.54 Å². The average Bonchev–Trinajstić information content (AvgIpc) is 2.38. The van der Waals surface area contributed by atoms with Crippen molar-refractivity contribution in [1.29, 1.82) is 0 Å². The van der Waals surface area contributed by atoms with Crippen LogP contribution in [0.4, 0.5) is 4.79 Å². The summed E-state index contributed by atoms with van der Waals surface area (Å²) in [6.45, 7) is 0.543. The molecule has 3 nitrogen and oxygen atoms in total. The number of nitrogens with zero attached hydrogens (tertiary/aromatic N) is 1. The SMILES string of the molecule is O=C(NCc1ccccc1)[n+]1ccccc1. The average molecular weight is 213 g/mol. The number of nitrogens with one attached hydrogen (secondary N) is 1. The number of hydrogen-bond donors (Lipinski definition) is 1. The van der Waals surface area contributed by atoms with Gasteiger partial charge in [0.1, 0.15) is 6.54 Å². The van der Waals surface area contributed by atoms with Crippen LogP contribution in [-0.4, -0.2) is 6.03 Å². The minimum atomic E-state index is -0.121. The fourth-order valence-electron chi connectivity index (χ4n) is 1.40. The Morgan fingerprint density at radius 2 is 1.62 bits per heavy atom. The van der Waals surface area contributed by atoms with Gasteiger partial charge in [-0.25, -0.2) is 5.32 Å². The van der Waals surface area contributed by atoms with Crippen LogP contribution in [0, 0.1) is 0 Å². The summed E-state index contributed by atoms with van der Waals surface area (Å²) in [6.07, 6.45) is 3.45. The number of carbonyl (C=O) groups is 1. The van der Waals surface area contributed by atoms with E-state index in [9.17, 15) is 4.79 Å². The molecule has 0 aliphatic carbocycles. The molecule has 16 heavy (non-hydrogen) atoms. The quantitative estimate of drug-likeness (QED) is 0.757. The maximum absolute atomic E-state index is 11.7. The van der Waals surface area contributed by atoms with Crippen molar-refractivity contribution in [3.63, 3.8) is 0 Å². The molecule has 0 fully saturated rings. The van der Waals surface area contributed by atoms with Crippen molar-refractivity contribution in [3.8, 4) is 0 Å². The van der Waals surface area contributed by atoms with Crippen molar-refractivity contribution in [1.82, 2.24) is 5.32 Å². The molecule has 0 unspecified atom stereocenters. The van der Waals surface area contributed by atoms with E-state index in [1.807, 2.05) is 48.5 Å². The third-order valence-electron chi connectivity index (χ3n) is 2.24. The number of hydrogen-bond acceptors (Lipinski definition) is 1. The van der Waals surface area contributed by atoms with E-state index in [0.717, 1.165) is 5.56 Å². The Bertz CT molecular complexity index is 454. The zero-order valence-corrected chi connectivity index (χ0v) is 8.84. The summed E-state index contributed by atoms with van der Waals surface area (Å²) in [5, 5.41) is 2.84. The number of amides is 1. The van der Waals surface area contributed by atoms with E-state index in [1.165, 1.54) is 4.57 Å². The van der Waals surface area contributed by atoms with Gasteiger partial charge in [0, 0.05) is 0 Å². The Morgan fingerprint density at radius 1 is 1.00 bits per heavy atom. The van der Waals surface area contributed by atoms with Crippen LogP contribution >= 0.6 is 0 Å². The Kier molecular flexibility index (Phi) is 3.28. The first-order chi connectivity index (χ1) is 7.86. The molecule has 1 heterocycles. The van der Waals surface area contributed by atoms with Gasteiger partial charge in [-0.2, -0.15) is 9.36 Å². The molecule has 1 amide bonds. The maximum atomic E-state index is 11.7. The van der Waals surface area contributed by atoms with E-state index in [1.54, 1.807) is 12.4 Å². The predicted octanol–water partition coefficient (Wildman–Crippen LogP) is 1.73. The lowest BCUT2D eigenvalue weighted by Crippen LogP contribution is -2.49. The Morgan fingerprint density at radius 3 is 2.31 bits per heavy atom. The minimum absolute atomic E-state index is 0.121. The molecular weight excluding hydrogens is 200 g/mol. The number of aromatic nitrogens is 1. The van der Waals surface area contributed by atoms with Crippen LogP contribution in [0.15, 0.2) is 60.9 Å². The summed E-state index contributed by atoms with van der Waals surface area (Å²) in [7, 11) is 0. The van der Waals surface area contributed by atoms with Crippen LogP contribution in [0.3, 0.4) is 0 Å². The highest BCUT2D eigenvalue weighted by Crippen LogP contribution is 1.96. The summed E-state index contributed by atoms with van der Waals surface area (Å²) in [4.78, 5) is 11.7. The summed E-state index contributed by atoms with van der Waals surface area (Å²) in [6, 6.07) is 15.2. The Balaban J connectivity index is 1.95. The van der Waals surface area contributed by atoms with E-state index < -0.39 is 0 Å². The van der Waals surface area contributed by atoms with Crippen LogP contribution in [0.2, 0.25) is 0 Å². The molecule has 0 bridgehead atoms. The number of pyridine rings is 1. The molecule has 3 heteroatoms. The van der Waals surface area contributed by atoms with E-state index in [0.29, 0.717) is 6.54 Å². The minimum Gasteiger partial charge on any atom is -0.234 e. The van der Waals surface area contributed by atoms with Crippen molar-refractivity contribution in [2.45, 2.75) is 6.54 Å². The molecule has 0 saturated carbocycles. The highest BCUT2D eigenvalue weighted by Gasteiger charge is 2.10. The molecule has 0 atom stereocenters. The van der Waals surface area contributed by atoms with Gasteiger partial charge in [-0.15, -0.1) is 0 Å². The first-order valence-corrected chi connectivity index (χ1v) is 5.15. The van der Waals surface area contributed by atoms with Crippen LogP contribution in [0.5, 0.6) is 0 Å². The molecule has 1 aromatic carbocycles. The predicted molar refractivity (Wildman–Crippen MR) is 60.7 cm³/mol. The highest BCUT2D eigenvalue weighted by atomic mass is 16.2. The van der Waals surface area contributed by atoms with Gasteiger partial charge in [0.25, 0.3) is 0 Å². The summed E-state index contributed by atoms with van der Waals surface area (Å²) in [5.41, 5.74) is 1.09. The van der Waals surface area contributed by atoms with Crippen molar-refractivity contribution in [2.75, 3.05) is 0 Å². The molecule has 0 aliphatic heterocycles. The van der Waals surface area contributed by atoms with Gasteiger partial charge >= 0.3 is 6.03 Å². The summed E-state index contributed by atoms with van der Waals surface area (Å²) >= 11 is 0. The zero-order valence-electron chi connectivity index (χ0n) is 8.84. The number of benzene rings is 1. The third kappa shape index (κ3) is 2.67. The van der Waals surface area contributed by atoms with Gasteiger partial charge in [-0.05, 0) is 17.7 Å². The van der Waals surface area contributed by atoms with Gasteiger partial charge in [-0.1, -0.05) is 36.4 Å².